The molecule has 0 unspecified atom stereocenters. The Labute approximate surface area is 110 Å². The molecule has 78 valence electrons. The normalized spacial score (nSPS) is 10.5. The fraction of sp³-hybridized carbons (Fsp3) is 0.200. The SMILES string of the molecule is BrCCc1cn(-c2ccccc2I)nn1. The summed E-state index contributed by atoms with van der Waals surface area (Å²) in [6, 6.07) is 8.11. The molecule has 0 saturated heterocycles. The molecule has 0 radical (unpaired) electrons. The Morgan fingerprint density at radius 3 is 2.87 bits per heavy atom. The van der Waals surface area contributed by atoms with Crippen LogP contribution in [0.2, 0.25) is 0 Å². The van der Waals surface area contributed by atoms with Gasteiger partial charge in [-0.05, 0) is 34.7 Å². The molecular formula is C10H9BrIN3. The van der Waals surface area contributed by atoms with Gasteiger partial charge in [-0.25, -0.2) is 4.68 Å². The number of aromatic nitrogens is 3. The molecule has 2 aromatic rings. The van der Waals surface area contributed by atoms with E-state index in [1.165, 1.54) is 3.57 Å². The van der Waals surface area contributed by atoms with Crippen LogP contribution >= 0.6 is 38.5 Å². The molecule has 5 heteroatoms. The predicted molar refractivity (Wildman–Crippen MR) is 71.6 cm³/mol. The van der Waals surface area contributed by atoms with Gasteiger partial charge in [0.1, 0.15) is 0 Å². The lowest BCUT2D eigenvalue weighted by atomic mass is 10.3. The van der Waals surface area contributed by atoms with Gasteiger partial charge < -0.3 is 0 Å². The quantitative estimate of drug-likeness (QED) is 0.608. The number of alkyl halides is 1. The molecule has 0 saturated carbocycles. The van der Waals surface area contributed by atoms with Crippen LogP contribution in [0.25, 0.3) is 5.69 Å². The van der Waals surface area contributed by atoms with Crippen molar-refractivity contribution in [2.75, 3.05) is 5.33 Å². The van der Waals surface area contributed by atoms with E-state index in [9.17, 15) is 0 Å². The highest BCUT2D eigenvalue weighted by atomic mass is 127. The van der Waals surface area contributed by atoms with Crippen molar-refractivity contribution in [3.05, 3.63) is 39.7 Å². The molecule has 1 aromatic carbocycles. The maximum Gasteiger partial charge on any atom is 0.0840 e. The third-order valence-electron chi connectivity index (χ3n) is 1.99. The van der Waals surface area contributed by atoms with Gasteiger partial charge in [0, 0.05) is 15.3 Å². The Balaban J connectivity index is 2.33. The van der Waals surface area contributed by atoms with Crippen molar-refractivity contribution in [1.82, 2.24) is 15.0 Å². The summed E-state index contributed by atoms with van der Waals surface area (Å²) in [7, 11) is 0. The Kier molecular flexibility index (Phi) is 3.74. The summed E-state index contributed by atoms with van der Waals surface area (Å²) < 4.78 is 2.99. The summed E-state index contributed by atoms with van der Waals surface area (Å²) in [6.07, 6.45) is 2.88. The molecule has 0 amide bonds. The first-order valence-corrected chi connectivity index (χ1v) is 6.73. The van der Waals surface area contributed by atoms with Crippen molar-refractivity contribution in [2.24, 2.45) is 0 Å². The highest BCUT2D eigenvalue weighted by Crippen LogP contribution is 2.15. The second-order valence-corrected chi connectivity index (χ2v) is 5.00. The van der Waals surface area contributed by atoms with E-state index in [0.29, 0.717) is 0 Å². The molecule has 2 rings (SSSR count). The molecule has 0 aliphatic heterocycles. The number of aryl methyl sites for hydroxylation is 1. The molecule has 0 aliphatic rings. The summed E-state index contributed by atoms with van der Waals surface area (Å²) in [5.41, 5.74) is 2.08. The molecular weight excluding hydrogens is 369 g/mol. The van der Waals surface area contributed by atoms with Gasteiger partial charge in [-0.2, -0.15) is 0 Å². The molecule has 1 aromatic heterocycles. The zero-order valence-corrected chi connectivity index (χ0v) is 11.6. The lowest BCUT2D eigenvalue weighted by Gasteiger charge is -2.01. The van der Waals surface area contributed by atoms with Gasteiger partial charge in [-0.3, -0.25) is 0 Å². The van der Waals surface area contributed by atoms with Crippen LogP contribution in [0.15, 0.2) is 30.5 Å². The van der Waals surface area contributed by atoms with Gasteiger partial charge in [-0.15, -0.1) is 5.10 Å². The van der Waals surface area contributed by atoms with Gasteiger partial charge in [0.05, 0.1) is 17.6 Å². The Bertz CT molecular complexity index is 455. The lowest BCUT2D eigenvalue weighted by molar-refractivity contribution is 0.795. The zero-order chi connectivity index (χ0) is 10.7. The van der Waals surface area contributed by atoms with Gasteiger partial charge in [0.15, 0.2) is 0 Å². The minimum Gasteiger partial charge on any atom is -0.219 e. The fourth-order valence-corrected chi connectivity index (χ4v) is 2.31. The molecule has 0 spiro atoms. The number of nitrogens with zero attached hydrogens (tertiary/aromatic N) is 3. The number of rotatable bonds is 3. The van der Waals surface area contributed by atoms with E-state index in [-0.39, 0.29) is 0 Å². The number of para-hydroxylation sites is 1. The van der Waals surface area contributed by atoms with Gasteiger partial charge >= 0.3 is 0 Å². The van der Waals surface area contributed by atoms with Crippen molar-refractivity contribution >= 4 is 38.5 Å². The monoisotopic (exact) mass is 377 g/mol. The number of halogens is 2. The second kappa shape index (κ2) is 5.07. The maximum absolute atomic E-state index is 4.11. The largest absolute Gasteiger partial charge is 0.219 e. The average molecular weight is 378 g/mol. The molecule has 1 heterocycles. The standard InChI is InChI=1S/C10H9BrIN3/c11-6-5-8-7-15(14-13-8)10-4-2-1-3-9(10)12/h1-4,7H,5-6H2. The van der Waals surface area contributed by atoms with Crippen LogP contribution in [0.1, 0.15) is 5.69 Å². The van der Waals surface area contributed by atoms with Crippen molar-refractivity contribution in [3.8, 4) is 5.69 Å². The summed E-state index contributed by atoms with van der Waals surface area (Å²) in [5, 5.41) is 9.12. The molecule has 0 bridgehead atoms. The van der Waals surface area contributed by atoms with Crippen LogP contribution in [0, 0.1) is 3.57 Å². The van der Waals surface area contributed by atoms with E-state index in [0.717, 1.165) is 23.1 Å². The third-order valence-corrected chi connectivity index (χ3v) is 3.30. The van der Waals surface area contributed by atoms with Crippen molar-refractivity contribution in [2.45, 2.75) is 6.42 Å². The number of benzene rings is 1. The summed E-state index contributed by atoms with van der Waals surface area (Å²) in [6.45, 7) is 0. The number of hydrogen-bond donors (Lipinski definition) is 0. The highest BCUT2D eigenvalue weighted by molar-refractivity contribution is 14.1. The van der Waals surface area contributed by atoms with Gasteiger partial charge in [0.25, 0.3) is 0 Å². The first-order valence-electron chi connectivity index (χ1n) is 4.53. The number of hydrogen-bond acceptors (Lipinski definition) is 2. The first kappa shape index (κ1) is 11.1. The van der Waals surface area contributed by atoms with Crippen LogP contribution < -0.4 is 0 Å². The van der Waals surface area contributed by atoms with E-state index >= 15 is 0 Å². The molecule has 0 N–H and O–H groups in total. The Morgan fingerprint density at radius 1 is 1.33 bits per heavy atom. The van der Waals surface area contributed by atoms with E-state index in [1.807, 2.05) is 29.1 Å². The minimum absolute atomic E-state index is 0.906. The maximum atomic E-state index is 4.11. The second-order valence-electron chi connectivity index (χ2n) is 3.04. The zero-order valence-electron chi connectivity index (χ0n) is 7.90. The topological polar surface area (TPSA) is 30.7 Å². The summed E-state index contributed by atoms with van der Waals surface area (Å²) in [4.78, 5) is 0. The fourth-order valence-electron chi connectivity index (χ4n) is 1.27. The van der Waals surface area contributed by atoms with E-state index in [2.05, 4.69) is 54.9 Å². The molecule has 0 aliphatic carbocycles. The van der Waals surface area contributed by atoms with E-state index < -0.39 is 0 Å². The summed E-state index contributed by atoms with van der Waals surface area (Å²) >= 11 is 5.68. The van der Waals surface area contributed by atoms with Crippen molar-refractivity contribution < 1.29 is 0 Å². The van der Waals surface area contributed by atoms with Crippen LogP contribution in [-0.4, -0.2) is 20.3 Å². The Hall–Kier alpha value is -0.430. The van der Waals surface area contributed by atoms with Crippen LogP contribution in [-0.2, 0) is 6.42 Å². The molecule has 0 fully saturated rings. The van der Waals surface area contributed by atoms with E-state index in [1.54, 1.807) is 0 Å². The lowest BCUT2D eigenvalue weighted by Crippen LogP contribution is -1.97. The third kappa shape index (κ3) is 2.57. The van der Waals surface area contributed by atoms with Crippen LogP contribution in [0.3, 0.4) is 0 Å². The molecule has 15 heavy (non-hydrogen) atoms. The smallest absolute Gasteiger partial charge is 0.0840 e. The van der Waals surface area contributed by atoms with Gasteiger partial charge in [0.2, 0.25) is 0 Å². The van der Waals surface area contributed by atoms with Crippen LogP contribution in [0.4, 0.5) is 0 Å². The van der Waals surface area contributed by atoms with Crippen LogP contribution in [0.5, 0.6) is 0 Å². The van der Waals surface area contributed by atoms with Gasteiger partial charge in [-0.1, -0.05) is 33.3 Å². The van der Waals surface area contributed by atoms with Crippen molar-refractivity contribution in [3.63, 3.8) is 0 Å². The minimum atomic E-state index is 0.906. The van der Waals surface area contributed by atoms with E-state index in [4.69, 9.17) is 0 Å². The molecule has 3 nitrogen and oxygen atoms in total. The Morgan fingerprint density at radius 2 is 2.13 bits per heavy atom. The highest BCUT2D eigenvalue weighted by Gasteiger charge is 2.04. The predicted octanol–water partition coefficient (Wildman–Crippen LogP) is 2.81. The first-order chi connectivity index (χ1) is 7.31. The van der Waals surface area contributed by atoms with Crippen molar-refractivity contribution in [1.29, 1.82) is 0 Å². The average Bonchev–Trinajstić information content (AvgIpc) is 2.68. The molecule has 0 atom stereocenters. The summed E-state index contributed by atoms with van der Waals surface area (Å²) in [5.74, 6) is 0.